The molecule has 0 saturated heterocycles. The van der Waals surface area contributed by atoms with E-state index >= 15 is 0 Å². The van der Waals surface area contributed by atoms with Gasteiger partial charge in [-0.15, -0.1) is 0 Å². The summed E-state index contributed by atoms with van der Waals surface area (Å²) in [5.74, 6) is 0.0299. The first kappa shape index (κ1) is 16.5. The van der Waals surface area contributed by atoms with Crippen LogP contribution in [0.15, 0.2) is 51.9 Å². The Labute approximate surface area is 153 Å². The number of aromatic amines is 1. The van der Waals surface area contributed by atoms with Gasteiger partial charge in [-0.2, -0.15) is 0 Å². The third kappa shape index (κ3) is 3.11. The Kier molecular flexibility index (Phi) is 4.26. The number of hydrogen-bond donors (Lipinski definition) is 2. The lowest BCUT2D eigenvalue weighted by Crippen LogP contribution is -2.14. The van der Waals surface area contributed by atoms with Gasteiger partial charge < -0.3 is 19.7 Å². The highest BCUT2D eigenvalue weighted by Gasteiger charge is 2.21. The molecule has 4 rings (SSSR count). The number of nitrogens with zero attached hydrogens (tertiary/aromatic N) is 1. The summed E-state index contributed by atoms with van der Waals surface area (Å²) >= 11 is 6.11. The molecule has 0 fully saturated rings. The van der Waals surface area contributed by atoms with E-state index in [0.717, 1.165) is 27.6 Å². The molecule has 132 valence electrons. The summed E-state index contributed by atoms with van der Waals surface area (Å²) in [5, 5.41) is 5.61. The summed E-state index contributed by atoms with van der Waals surface area (Å²) in [4.78, 5) is 14.9. The smallest absolute Gasteiger partial charge is 0.271 e. The Balaban J connectivity index is 1.63. The zero-order valence-corrected chi connectivity index (χ0v) is 14.5. The van der Waals surface area contributed by atoms with Crippen molar-refractivity contribution in [3.8, 4) is 0 Å². The Morgan fingerprint density at radius 2 is 2.15 bits per heavy atom. The zero-order valence-electron chi connectivity index (χ0n) is 13.8. The van der Waals surface area contributed by atoms with Crippen LogP contribution in [0.3, 0.4) is 0 Å². The van der Waals surface area contributed by atoms with Crippen molar-refractivity contribution in [2.24, 2.45) is 5.73 Å². The molecule has 0 aliphatic heterocycles. The van der Waals surface area contributed by atoms with Crippen molar-refractivity contribution in [3.63, 3.8) is 0 Å². The number of rotatable bonds is 6. The molecule has 26 heavy (non-hydrogen) atoms. The number of carbonyl (C=O) groups is 1. The fourth-order valence-corrected chi connectivity index (χ4v) is 3.30. The number of H-pyrrole nitrogens is 1. The van der Waals surface area contributed by atoms with Crippen molar-refractivity contribution in [3.05, 3.63) is 76.2 Å². The van der Waals surface area contributed by atoms with Gasteiger partial charge in [-0.1, -0.05) is 16.8 Å². The van der Waals surface area contributed by atoms with Gasteiger partial charge in [-0.3, -0.25) is 4.79 Å². The molecule has 0 spiro atoms. The van der Waals surface area contributed by atoms with Gasteiger partial charge >= 0.3 is 0 Å². The molecular formula is C19H16ClN3O3. The van der Waals surface area contributed by atoms with Gasteiger partial charge in [0.05, 0.1) is 12.5 Å². The van der Waals surface area contributed by atoms with Gasteiger partial charge in [0.2, 0.25) is 0 Å². The second-order valence-corrected chi connectivity index (χ2v) is 6.55. The van der Waals surface area contributed by atoms with Crippen LogP contribution in [0.4, 0.5) is 0 Å². The third-order valence-electron chi connectivity index (χ3n) is 4.42. The molecule has 6 nitrogen and oxygen atoms in total. The zero-order chi connectivity index (χ0) is 18.1. The van der Waals surface area contributed by atoms with E-state index in [1.54, 1.807) is 12.5 Å². The van der Waals surface area contributed by atoms with Crippen molar-refractivity contribution in [1.29, 1.82) is 0 Å². The molecule has 0 aliphatic rings. The highest BCUT2D eigenvalue weighted by Crippen LogP contribution is 2.25. The highest BCUT2D eigenvalue weighted by molar-refractivity contribution is 6.31. The predicted octanol–water partition coefficient (Wildman–Crippen LogP) is 3.88. The van der Waals surface area contributed by atoms with E-state index < -0.39 is 5.91 Å². The Morgan fingerprint density at radius 1 is 1.27 bits per heavy atom. The number of benzene rings is 1. The standard InChI is InChI=1S/C19H16ClN3O3/c20-13-2-4-16-15(8-13)12(9-22-16)1-3-14-17(7-11-5-6-25-10-11)26-23-18(14)19(21)24/h2,4-6,8-10,22H,1,3,7H2,(H2,21,24). The van der Waals surface area contributed by atoms with Crippen LogP contribution in [0.2, 0.25) is 5.02 Å². The molecule has 1 amide bonds. The predicted molar refractivity (Wildman–Crippen MR) is 97.3 cm³/mol. The van der Waals surface area contributed by atoms with Gasteiger partial charge in [-0.05, 0) is 48.2 Å². The van der Waals surface area contributed by atoms with Gasteiger partial charge in [0.25, 0.3) is 5.91 Å². The maximum absolute atomic E-state index is 11.7. The number of nitrogens with one attached hydrogen (secondary N) is 1. The molecule has 0 aliphatic carbocycles. The van der Waals surface area contributed by atoms with E-state index in [2.05, 4.69) is 10.1 Å². The van der Waals surface area contributed by atoms with E-state index in [1.165, 1.54) is 0 Å². The lowest BCUT2D eigenvalue weighted by molar-refractivity contribution is 0.0991. The number of aryl methyl sites for hydroxylation is 1. The Hall–Kier alpha value is -2.99. The summed E-state index contributed by atoms with van der Waals surface area (Å²) in [6.07, 6.45) is 6.95. The third-order valence-corrected chi connectivity index (χ3v) is 4.66. The number of furan rings is 1. The molecule has 0 atom stereocenters. The van der Waals surface area contributed by atoms with Crippen molar-refractivity contribution in [2.45, 2.75) is 19.3 Å². The average molecular weight is 370 g/mol. The monoisotopic (exact) mass is 369 g/mol. The second-order valence-electron chi connectivity index (χ2n) is 6.11. The number of nitrogens with two attached hydrogens (primary N) is 1. The Bertz CT molecular complexity index is 1060. The van der Waals surface area contributed by atoms with Gasteiger partial charge in [0.15, 0.2) is 5.69 Å². The SMILES string of the molecule is NC(=O)c1noc(Cc2ccoc2)c1CCc1c[nH]c2ccc(Cl)cc12. The van der Waals surface area contributed by atoms with Gasteiger partial charge in [-0.25, -0.2) is 0 Å². The van der Waals surface area contributed by atoms with Crippen molar-refractivity contribution in [1.82, 2.24) is 10.1 Å². The summed E-state index contributed by atoms with van der Waals surface area (Å²) in [5.41, 5.74) is 9.43. The van der Waals surface area contributed by atoms with Crippen LogP contribution in [-0.2, 0) is 19.3 Å². The van der Waals surface area contributed by atoms with Crippen LogP contribution in [0.5, 0.6) is 0 Å². The summed E-state index contributed by atoms with van der Waals surface area (Å²) in [6, 6.07) is 7.56. The molecule has 4 aromatic rings. The number of primary amides is 1. The van der Waals surface area contributed by atoms with Crippen LogP contribution in [0, 0.1) is 0 Å². The van der Waals surface area contributed by atoms with Crippen molar-refractivity contribution in [2.75, 3.05) is 0 Å². The molecule has 0 unspecified atom stereocenters. The molecule has 7 heteroatoms. The fraction of sp³-hybridized carbons (Fsp3) is 0.158. The van der Waals surface area contributed by atoms with Crippen LogP contribution in [0.25, 0.3) is 10.9 Å². The lowest BCUT2D eigenvalue weighted by atomic mass is 10.00. The lowest BCUT2D eigenvalue weighted by Gasteiger charge is -2.03. The summed E-state index contributed by atoms with van der Waals surface area (Å²) in [7, 11) is 0. The quantitative estimate of drug-likeness (QED) is 0.538. The average Bonchev–Trinajstić information content (AvgIpc) is 3.33. The highest BCUT2D eigenvalue weighted by atomic mass is 35.5. The normalized spacial score (nSPS) is 11.3. The largest absolute Gasteiger partial charge is 0.472 e. The molecule has 0 bridgehead atoms. The van der Waals surface area contributed by atoms with E-state index in [9.17, 15) is 4.79 Å². The second kappa shape index (κ2) is 6.72. The van der Waals surface area contributed by atoms with Crippen molar-refractivity contribution < 1.29 is 13.7 Å². The maximum Gasteiger partial charge on any atom is 0.271 e. The molecule has 3 N–H and O–H groups in total. The molecule has 3 heterocycles. The number of halogens is 1. The number of fused-ring (bicyclic) bond motifs is 1. The molecule has 0 saturated carbocycles. The molecular weight excluding hydrogens is 354 g/mol. The fourth-order valence-electron chi connectivity index (χ4n) is 3.13. The molecule has 1 aromatic carbocycles. The first-order chi connectivity index (χ1) is 12.6. The minimum absolute atomic E-state index is 0.182. The minimum atomic E-state index is -0.593. The van der Waals surface area contributed by atoms with E-state index in [-0.39, 0.29) is 5.69 Å². The van der Waals surface area contributed by atoms with E-state index in [1.807, 2.05) is 30.5 Å². The minimum Gasteiger partial charge on any atom is -0.472 e. The van der Waals surface area contributed by atoms with Crippen LogP contribution >= 0.6 is 11.6 Å². The maximum atomic E-state index is 11.7. The summed E-state index contributed by atoms with van der Waals surface area (Å²) < 4.78 is 10.5. The number of aromatic nitrogens is 2. The summed E-state index contributed by atoms with van der Waals surface area (Å²) in [6.45, 7) is 0. The van der Waals surface area contributed by atoms with Crippen LogP contribution < -0.4 is 5.73 Å². The van der Waals surface area contributed by atoms with Crippen LogP contribution in [0.1, 0.15) is 32.9 Å². The van der Waals surface area contributed by atoms with Crippen LogP contribution in [-0.4, -0.2) is 16.0 Å². The van der Waals surface area contributed by atoms with Crippen molar-refractivity contribution >= 4 is 28.4 Å². The number of carbonyl (C=O) groups excluding carboxylic acids is 1. The Morgan fingerprint density at radius 3 is 2.92 bits per heavy atom. The number of amides is 1. The topological polar surface area (TPSA) is 98.1 Å². The van der Waals surface area contributed by atoms with Gasteiger partial charge in [0.1, 0.15) is 5.76 Å². The van der Waals surface area contributed by atoms with E-state index in [0.29, 0.717) is 30.0 Å². The number of hydrogen-bond acceptors (Lipinski definition) is 4. The molecule has 3 aromatic heterocycles. The van der Waals surface area contributed by atoms with Gasteiger partial charge in [0, 0.05) is 34.1 Å². The molecule has 0 radical (unpaired) electrons. The first-order valence-electron chi connectivity index (χ1n) is 8.15. The first-order valence-corrected chi connectivity index (χ1v) is 8.53. The van der Waals surface area contributed by atoms with E-state index in [4.69, 9.17) is 26.3 Å².